The molecular weight excluding hydrogens is 429 g/mol. The summed E-state index contributed by atoms with van der Waals surface area (Å²) < 4.78 is 66.5. The van der Waals surface area contributed by atoms with E-state index >= 15 is 0 Å². The van der Waals surface area contributed by atoms with Gasteiger partial charge in [-0.2, -0.15) is 13.2 Å². The Morgan fingerprint density at radius 3 is 2.10 bits per heavy atom. The summed E-state index contributed by atoms with van der Waals surface area (Å²) in [7, 11) is -4.29. The monoisotopic (exact) mass is 452 g/mol. The zero-order valence-corrected chi connectivity index (χ0v) is 17.8. The maximum Gasteiger partial charge on any atom is 0.418 e. The Bertz CT molecular complexity index is 944. The molecule has 0 aromatic heterocycles. The van der Waals surface area contributed by atoms with E-state index in [1.807, 2.05) is 0 Å². The number of benzene rings is 2. The number of anilines is 1. The highest BCUT2D eigenvalue weighted by molar-refractivity contribution is 7.91. The number of halogens is 4. The third kappa shape index (κ3) is 5.85. The van der Waals surface area contributed by atoms with Crippen LogP contribution < -0.4 is 11.1 Å². The molecule has 0 saturated carbocycles. The van der Waals surface area contributed by atoms with Crippen LogP contribution in [-0.2, 0) is 16.0 Å². The minimum Gasteiger partial charge on any atom is -0.397 e. The summed E-state index contributed by atoms with van der Waals surface area (Å²) in [5.41, 5.74) is 2.97. The van der Waals surface area contributed by atoms with Crippen molar-refractivity contribution in [2.24, 2.45) is 0 Å². The molecule has 0 amide bonds. The average Bonchev–Trinajstić information content (AvgIpc) is 2.58. The molecule has 0 fully saturated rings. The molecule has 5 nitrogen and oxygen atoms in total. The normalized spacial score (nSPS) is 13.6. The molecule has 0 radical (unpaired) electrons. The van der Waals surface area contributed by atoms with E-state index < -0.39 is 50.3 Å². The van der Waals surface area contributed by atoms with Gasteiger partial charge < -0.3 is 16.2 Å². The number of sulfone groups is 1. The van der Waals surface area contributed by atoms with Crippen LogP contribution in [-0.4, -0.2) is 25.7 Å². The van der Waals surface area contributed by atoms with Gasteiger partial charge in [0, 0.05) is 5.54 Å². The summed E-state index contributed by atoms with van der Waals surface area (Å²) in [5, 5.41) is 12.7. The first-order valence-corrected chi connectivity index (χ1v) is 9.95. The van der Waals surface area contributed by atoms with Gasteiger partial charge in [0.15, 0.2) is 0 Å². The molecule has 0 aliphatic carbocycles. The van der Waals surface area contributed by atoms with Crippen LogP contribution in [0.4, 0.5) is 18.9 Å². The van der Waals surface area contributed by atoms with Crippen molar-refractivity contribution in [2.45, 2.75) is 48.3 Å². The largest absolute Gasteiger partial charge is 0.418 e. The van der Waals surface area contributed by atoms with Crippen LogP contribution >= 0.6 is 12.4 Å². The van der Waals surface area contributed by atoms with Gasteiger partial charge in [0.05, 0.1) is 33.7 Å². The smallest absolute Gasteiger partial charge is 0.397 e. The Morgan fingerprint density at radius 2 is 1.66 bits per heavy atom. The molecule has 0 bridgehead atoms. The SMILES string of the molecule is CC(C)(C)NC(CO)c1cc(C(F)(F)F)c(N)c(S(=O)(=O)c2ccccc2)c1.Cl. The van der Waals surface area contributed by atoms with Crippen molar-refractivity contribution in [3.8, 4) is 0 Å². The summed E-state index contributed by atoms with van der Waals surface area (Å²) in [6.07, 6.45) is -4.86. The number of alkyl halides is 3. The van der Waals surface area contributed by atoms with Gasteiger partial charge in [-0.1, -0.05) is 18.2 Å². The zero-order chi connectivity index (χ0) is 21.3. The molecule has 1 unspecified atom stereocenters. The third-order valence-corrected chi connectivity index (χ3v) is 5.81. The lowest BCUT2D eigenvalue weighted by Crippen LogP contribution is -2.40. The first kappa shape index (κ1) is 25.2. The molecule has 0 aliphatic rings. The van der Waals surface area contributed by atoms with Crippen molar-refractivity contribution in [3.63, 3.8) is 0 Å². The molecule has 29 heavy (non-hydrogen) atoms. The fraction of sp³-hybridized carbons (Fsp3) is 0.368. The van der Waals surface area contributed by atoms with Crippen LogP contribution in [0, 0.1) is 0 Å². The Hall–Kier alpha value is -1.81. The highest BCUT2D eigenvalue weighted by atomic mass is 35.5. The number of aliphatic hydroxyl groups is 1. The summed E-state index contributed by atoms with van der Waals surface area (Å²) in [6, 6.07) is 8.05. The molecule has 0 spiro atoms. The second-order valence-electron chi connectivity index (χ2n) is 7.42. The van der Waals surface area contributed by atoms with Gasteiger partial charge >= 0.3 is 6.18 Å². The molecule has 1 atom stereocenters. The van der Waals surface area contributed by atoms with E-state index in [-0.39, 0.29) is 22.9 Å². The van der Waals surface area contributed by atoms with Gasteiger partial charge in [-0.05, 0) is 50.6 Å². The maximum atomic E-state index is 13.5. The summed E-state index contributed by atoms with van der Waals surface area (Å²) >= 11 is 0. The second-order valence-corrected chi connectivity index (χ2v) is 9.34. The molecule has 10 heteroatoms. The van der Waals surface area contributed by atoms with Crippen molar-refractivity contribution < 1.29 is 26.7 Å². The minimum atomic E-state index is -4.86. The molecular formula is C19H24ClF3N2O3S. The van der Waals surface area contributed by atoms with Gasteiger partial charge in [0.2, 0.25) is 9.84 Å². The molecule has 2 aromatic carbocycles. The van der Waals surface area contributed by atoms with Crippen molar-refractivity contribution in [1.82, 2.24) is 5.32 Å². The Balaban J connectivity index is 0.00000420. The standard InChI is InChI=1S/C19H23F3N2O3S.ClH/c1-18(2,3)24-15(11-25)12-9-14(19(20,21)22)17(23)16(10-12)28(26,27)13-7-5-4-6-8-13;/h4-10,15,24-25H,11,23H2,1-3H3;1H. The number of hydrogen-bond acceptors (Lipinski definition) is 5. The van der Waals surface area contributed by atoms with E-state index in [1.54, 1.807) is 26.8 Å². The molecule has 162 valence electrons. The van der Waals surface area contributed by atoms with E-state index in [0.29, 0.717) is 0 Å². The van der Waals surface area contributed by atoms with Crippen molar-refractivity contribution in [1.29, 1.82) is 0 Å². The van der Waals surface area contributed by atoms with Gasteiger partial charge in [0.1, 0.15) is 0 Å². The average molecular weight is 453 g/mol. The molecule has 2 rings (SSSR count). The first-order valence-electron chi connectivity index (χ1n) is 8.46. The third-order valence-electron chi connectivity index (χ3n) is 4.01. The molecule has 0 saturated heterocycles. The topological polar surface area (TPSA) is 92.4 Å². The van der Waals surface area contributed by atoms with Gasteiger partial charge in [-0.25, -0.2) is 8.42 Å². The van der Waals surface area contributed by atoms with E-state index in [9.17, 15) is 26.7 Å². The van der Waals surface area contributed by atoms with Crippen LogP contribution in [0.1, 0.15) is 37.9 Å². The van der Waals surface area contributed by atoms with Crippen LogP contribution in [0.2, 0.25) is 0 Å². The lowest BCUT2D eigenvalue weighted by atomic mass is 9.99. The summed E-state index contributed by atoms with van der Waals surface area (Å²) in [5.74, 6) is 0. The number of hydrogen-bond donors (Lipinski definition) is 3. The van der Waals surface area contributed by atoms with Crippen LogP contribution in [0.25, 0.3) is 0 Å². The maximum absolute atomic E-state index is 13.5. The van der Waals surface area contributed by atoms with Gasteiger partial charge in [0.25, 0.3) is 0 Å². The Morgan fingerprint density at radius 1 is 1.10 bits per heavy atom. The lowest BCUT2D eigenvalue weighted by Gasteiger charge is -2.29. The van der Waals surface area contributed by atoms with E-state index in [1.165, 1.54) is 24.3 Å². The number of nitrogen functional groups attached to an aromatic ring is 1. The second kappa shape index (κ2) is 8.91. The molecule has 2 aromatic rings. The Labute approximate surface area is 174 Å². The summed E-state index contributed by atoms with van der Waals surface area (Å²) in [6.45, 7) is 4.81. The number of aliphatic hydroxyl groups excluding tert-OH is 1. The number of nitrogens with one attached hydrogen (secondary N) is 1. The van der Waals surface area contributed by atoms with Gasteiger partial charge in [-0.15, -0.1) is 12.4 Å². The Kier molecular flexibility index (Phi) is 7.75. The fourth-order valence-electron chi connectivity index (χ4n) is 2.79. The predicted molar refractivity (Wildman–Crippen MR) is 108 cm³/mol. The molecule has 0 heterocycles. The first-order chi connectivity index (χ1) is 12.8. The van der Waals surface area contributed by atoms with Crippen molar-refractivity contribution in [3.05, 3.63) is 53.6 Å². The van der Waals surface area contributed by atoms with Crippen LogP contribution in [0.5, 0.6) is 0 Å². The highest BCUT2D eigenvalue weighted by Crippen LogP contribution is 2.40. The van der Waals surface area contributed by atoms with Crippen LogP contribution in [0.15, 0.2) is 52.3 Å². The quantitative estimate of drug-likeness (QED) is 0.597. The van der Waals surface area contributed by atoms with Crippen LogP contribution in [0.3, 0.4) is 0 Å². The number of nitrogens with two attached hydrogens (primary N) is 1. The van der Waals surface area contributed by atoms with E-state index in [4.69, 9.17) is 5.73 Å². The predicted octanol–water partition coefficient (Wildman–Crippen LogP) is 3.96. The molecule has 4 N–H and O–H groups in total. The van der Waals surface area contributed by atoms with Gasteiger partial charge in [-0.3, -0.25) is 0 Å². The fourth-order valence-corrected chi connectivity index (χ4v) is 4.25. The van der Waals surface area contributed by atoms with Crippen molar-refractivity contribution >= 4 is 27.9 Å². The van der Waals surface area contributed by atoms with E-state index in [2.05, 4.69) is 5.32 Å². The summed E-state index contributed by atoms with van der Waals surface area (Å²) in [4.78, 5) is -0.811. The minimum absolute atomic E-state index is 0. The highest BCUT2D eigenvalue weighted by Gasteiger charge is 2.37. The van der Waals surface area contributed by atoms with E-state index in [0.717, 1.165) is 12.1 Å². The van der Waals surface area contributed by atoms with Crippen molar-refractivity contribution in [2.75, 3.05) is 12.3 Å². The lowest BCUT2D eigenvalue weighted by molar-refractivity contribution is -0.137. The molecule has 0 aliphatic heterocycles. The zero-order valence-electron chi connectivity index (χ0n) is 16.1. The number of rotatable bonds is 5.